The summed E-state index contributed by atoms with van der Waals surface area (Å²) in [5.74, 6) is -1.41. The van der Waals surface area contributed by atoms with Crippen LogP contribution in [-0.2, 0) is 0 Å². The van der Waals surface area contributed by atoms with Crippen LogP contribution in [0.4, 0.5) is 10.1 Å². The van der Waals surface area contributed by atoms with E-state index in [-0.39, 0.29) is 11.5 Å². The van der Waals surface area contributed by atoms with Gasteiger partial charge in [-0.2, -0.15) is 4.39 Å². The van der Waals surface area contributed by atoms with Crippen molar-refractivity contribution in [3.8, 4) is 0 Å². The van der Waals surface area contributed by atoms with Crippen molar-refractivity contribution in [2.75, 3.05) is 0 Å². The minimum absolute atomic E-state index is 0.222. The Balaban J connectivity index is 3.48. The van der Waals surface area contributed by atoms with Crippen molar-refractivity contribution in [1.82, 2.24) is 0 Å². The summed E-state index contributed by atoms with van der Waals surface area (Å²) < 4.78 is 13.6. The maximum absolute atomic E-state index is 13.6. The summed E-state index contributed by atoms with van der Waals surface area (Å²) in [6.07, 6.45) is 0. The number of nitro benzene ring substituents is 1. The van der Waals surface area contributed by atoms with Gasteiger partial charge in [0.1, 0.15) is 0 Å². The van der Waals surface area contributed by atoms with Crippen LogP contribution in [-0.4, -0.2) is 22.1 Å². The maximum Gasteiger partial charge on any atom is 0.491 e. The third-order valence-corrected chi connectivity index (χ3v) is 2.26. The third-order valence-electron chi connectivity index (χ3n) is 2.26. The molecule has 0 amide bonds. The van der Waals surface area contributed by atoms with E-state index < -0.39 is 29.0 Å². The standard InChI is InChI=1S/C9H11BFNO4/c1-5(2)6-3-4-7(10(13)14)8(11)9(6)12(15)16/h3-5,13-14H,1-2H3. The molecule has 0 atom stereocenters. The number of rotatable bonds is 3. The van der Waals surface area contributed by atoms with Crippen LogP contribution in [0.1, 0.15) is 25.3 Å². The normalized spacial score (nSPS) is 10.6. The molecule has 16 heavy (non-hydrogen) atoms. The van der Waals surface area contributed by atoms with Gasteiger partial charge in [-0.1, -0.05) is 26.0 Å². The van der Waals surface area contributed by atoms with Gasteiger partial charge >= 0.3 is 12.8 Å². The molecule has 5 nitrogen and oxygen atoms in total. The van der Waals surface area contributed by atoms with Gasteiger partial charge in [0.25, 0.3) is 0 Å². The Morgan fingerprint density at radius 1 is 1.44 bits per heavy atom. The zero-order valence-electron chi connectivity index (χ0n) is 8.85. The molecule has 2 N–H and O–H groups in total. The lowest BCUT2D eigenvalue weighted by atomic mass is 9.78. The summed E-state index contributed by atoms with van der Waals surface area (Å²) in [5, 5.41) is 28.4. The van der Waals surface area contributed by atoms with Crippen LogP contribution >= 0.6 is 0 Å². The van der Waals surface area contributed by atoms with Gasteiger partial charge < -0.3 is 10.0 Å². The number of hydrogen-bond acceptors (Lipinski definition) is 4. The molecule has 1 rings (SSSR count). The fraction of sp³-hybridized carbons (Fsp3) is 0.333. The van der Waals surface area contributed by atoms with E-state index >= 15 is 0 Å². The monoisotopic (exact) mass is 227 g/mol. The number of nitrogens with zero attached hydrogens (tertiary/aromatic N) is 1. The summed E-state index contributed by atoms with van der Waals surface area (Å²) in [6.45, 7) is 3.38. The second-order valence-electron chi connectivity index (χ2n) is 3.69. The molecule has 0 radical (unpaired) electrons. The Morgan fingerprint density at radius 2 is 2.00 bits per heavy atom. The molecule has 7 heteroatoms. The topological polar surface area (TPSA) is 83.6 Å². The smallest absolute Gasteiger partial charge is 0.423 e. The highest BCUT2D eigenvalue weighted by Crippen LogP contribution is 2.27. The molecule has 0 aliphatic rings. The van der Waals surface area contributed by atoms with Crippen LogP contribution in [0.5, 0.6) is 0 Å². The quantitative estimate of drug-likeness (QED) is 0.448. The fourth-order valence-corrected chi connectivity index (χ4v) is 1.45. The van der Waals surface area contributed by atoms with Gasteiger partial charge in [0.2, 0.25) is 5.82 Å². The highest BCUT2D eigenvalue weighted by Gasteiger charge is 2.29. The Labute approximate surface area is 91.8 Å². The van der Waals surface area contributed by atoms with Crippen molar-refractivity contribution < 1.29 is 19.4 Å². The van der Waals surface area contributed by atoms with Crippen molar-refractivity contribution in [3.63, 3.8) is 0 Å². The molecular formula is C9H11BFNO4. The largest absolute Gasteiger partial charge is 0.491 e. The van der Waals surface area contributed by atoms with E-state index in [1.165, 1.54) is 6.07 Å². The molecule has 0 aliphatic carbocycles. The van der Waals surface area contributed by atoms with Gasteiger partial charge in [0.05, 0.1) is 4.92 Å². The molecule has 1 aromatic rings. The molecule has 0 fully saturated rings. The Morgan fingerprint density at radius 3 is 2.38 bits per heavy atom. The number of hydrogen-bond donors (Lipinski definition) is 2. The average Bonchev–Trinajstić information content (AvgIpc) is 2.15. The first-order valence-electron chi connectivity index (χ1n) is 4.69. The van der Waals surface area contributed by atoms with Gasteiger partial charge in [-0.25, -0.2) is 0 Å². The highest BCUT2D eigenvalue weighted by molar-refractivity contribution is 6.58. The van der Waals surface area contributed by atoms with Crippen LogP contribution in [0.15, 0.2) is 12.1 Å². The molecule has 0 saturated heterocycles. The van der Waals surface area contributed by atoms with E-state index in [1.54, 1.807) is 13.8 Å². The van der Waals surface area contributed by atoms with Crippen LogP contribution in [0, 0.1) is 15.9 Å². The van der Waals surface area contributed by atoms with Crippen molar-refractivity contribution in [2.24, 2.45) is 0 Å². The fourth-order valence-electron chi connectivity index (χ4n) is 1.45. The molecule has 0 aromatic heterocycles. The van der Waals surface area contributed by atoms with E-state index in [0.29, 0.717) is 0 Å². The third kappa shape index (κ3) is 2.20. The minimum Gasteiger partial charge on any atom is -0.423 e. The summed E-state index contributed by atoms with van der Waals surface area (Å²) in [7, 11) is -2.06. The molecule has 0 aliphatic heterocycles. The van der Waals surface area contributed by atoms with Crippen LogP contribution < -0.4 is 5.46 Å². The minimum atomic E-state index is -2.06. The Bertz CT molecular complexity index is 422. The van der Waals surface area contributed by atoms with Crippen molar-refractivity contribution in [3.05, 3.63) is 33.6 Å². The van der Waals surface area contributed by atoms with Crippen LogP contribution in [0.2, 0.25) is 0 Å². The highest BCUT2D eigenvalue weighted by atomic mass is 19.1. The molecule has 1 aromatic carbocycles. The van der Waals surface area contributed by atoms with Gasteiger partial charge in [0.15, 0.2) is 0 Å². The molecule has 86 valence electrons. The predicted octanol–water partition coefficient (Wildman–Crippen LogP) is 0.537. The van der Waals surface area contributed by atoms with E-state index in [0.717, 1.165) is 6.07 Å². The lowest BCUT2D eigenvalue weighted by Crippen LogP contribution is -2.33. The Kier molecular flexibility index (Phi) is 3.61. The summed E-state index contributed by atoms with van der Waals surface area (Å²) in [6, 6.07) is 2.48. The Hall–Kier alpha value is -1.47. The zero-order chi connectivity index (χ0) is 12.5. The number of nitro groups is 1. The van der Waals surface area contributed by atoms with Crippen molar-refractivity contribution in [2.45, 2.75) is 19.8 Å². The summed E-state index contributed by atoms with van der Waals surface area (Å²) in [5.41, 5.74) is -0.955. The van der Waals surface area contributed by atoms with E-state index in [2.05, 4.69) is 0 Å². The molecule has 0 spiro atoms. The predicted molar refractivity (Wildman–Crippen MR) is 57.0 cm³/mol. The second kappa shape index (κ2) is 4.59. The molecule has 0 bridgehead atoms. The van der Waals surface area contributed by atoms with Crippen LogP contribution in [0.3, 0.4) is 0 Å². The van der Waals surface area contributed by atoms with E-state index in [9.17, 15) is 14.5 Å². The summed E-state index contributed by atoms with van der Waals surface area (Å²) in [4.78, 5) is 9.87. The van der Waals surface area contributed by atoms with Crippen molar-refractivity contribution in [1.29, 1.82) is 0 Å². The van der Waals surface area contributed by atoms with Gasteiger partial charge in [-0.3, -0.25) is 10.1 Å². The molecular weight excluding hydrogens is 216 g/mol. The number of benzene rings is 1. The van der Waals surface area contributed by atoms with Crippen molar-refractivity contribution >= 4 is 18.3 Å². The number of halogens is 1. The van der Waals surface area contributed by atoms with Gasteiger partial charge in [0, 0.05) is 11.0 Å². The first-order valence-corrected chi connectivity index (χ1v) is 4.69. The average molecular weight is 227 g/mol. The molecule has 0 saturated carbocycles. The zero-order valence-corrected chi connectivity index (χ0v) is 8.85. The van der Waals surface area contributed by atoms with E-state index in [4.69, 9.17) is 10.0 Å². The SMILES string of the molecule is CC(C)c1ccc(B(O)O)c(F)c1[N+](=O)[O-]. The van der Waals surface area contributed by atoms with E-state index in [1.807, 2.05) is 0 Å². The second-order valence-corrected chi connectivity index (χ2v) is 3.69. The summed E-state index contributed by atoms with van der Waals surface area (Å²) >= 11 is 0. The molecule has 0 heterocycles. The lowest BCUT2D eigenvalue weighted by molar-refractivity contribution is -0.388. The van der Waals surface area contributed by atoms with Gasteiger partial charge in [-0.05, 0) is 5.92 Å². The maximum atomic E-state index is 13.6. The lowest BCUT2D eigenvalue weighted by Gasteiger charge is -2.09. The van der Waals surface area contributed by atoms with Crippen LogP contribution in [0.25, 0.3) is 0 Å². The van der Waals surface area contributed by atoms with Gasteiger partial charge in [-0.15, -0.1) is 0 Å². The first kappa shape index (κ1) is 12.6. The first-order chi connectivity index (χ1) is 7.36. The molecule has 0 unspecified atom stereocenters.